The van der Waals surface area contributed by atoms with E-state index in [1.54, 1.807) is 29.2 Å². The number of carbonyl (C=O) groups is 2. The number of aromatic nitrogens is 3. The molecule has 0 spiro atoms. The topological polar surface area (TPSA) is 88.9 Å². The molecule has 2 rings (SSSR count). The van der Waals surface area contributed by atoms with E-state index in [9.17, 15) is 9.59 Å². The highest BCUT2D eigenvalue weighted by molar-refractivity contribution is 5.96. The van der Waals surface area contributed by atoms with Crippen LogP contribution in [0.4, 0.5) is 5.69 Å². The Balaban J connectivity index is 1.86. The molecule has 0 aliphatic heterocycles. The molecule has 2 aromatic rings. The van der Waals surface area contributed by atoms with Crippen molar-refractivity contribution in [3.8, 4) is 0 Å². The molecule has 0 unspecified atom stereocenters. The van der Waals surface area contributed by atoms with Crippen molar-refractivity contribution in [3.05, 3.63) is 42.0 Å². The van der Waals surface area contributed by atoms with Crippen LogP contribution in [0.2, 0.25) is 0 Å². The summed E-state index contributed by atoms with van der Waals surface area (Å²) < 4.78 is 1.69. The molecule has 1 aromatic heterocycles. The molecule has 0 saturated carbocycles. The van der Waals surface area contributed by atoms with Gasteiger partial charge < -0.3 is 10.6 Å². The van der Waals surface area contributed by atoms with Gasteiger partial charge in [-0.05, 0) is 44.0 Å². The van der Waals surface area contributed by atoms with E-state index in [-0.39, 0.29) is 11.8 Å². The van der Waals surface area contributed by atoms with Crippen molar-refractivity contribution in [2.45, 2.75) is 33.2 Å². The van der Waals surface area contributed by atoms with Gasteiger partial charge in [0.25, 0.3) is 5.91 Å². The number of aryl methyl sites for hydroxylation is 2. The third kappa shape index (κ3) is 4.91. The average Bonchev–Trinajstić information content (AvgIpc) is 3.03. The Morgan fingerprint density at radius 2 is 2.13 bits per heavy atom. The SMILES string of the molecule is CCNC(=O)c1ccc(NC(=O)CCCn2cncn2)c(C)c1. The van der Waals surface area contributed by atoms with E-state index in [4.69, 9.17) is 0 Å². The predicted octanol–water partition coefficient (Wildman–Crippen LogP) is 1.76. The van der Waals surface area contributed by atoms with Gasteiger partial charge in [0.15, 0.2) is 0 Å². The number of carbonyl (C=O) groups excluding carboxylic acids is 2. The first-order valence-corrected chi connectivity index (χ1v) is 7.61. The van der Waals surface area contributed by atoms with E-state index in [0.29, 0.717) is 31.5 Å². The van der Waals surface area contributed by atoms with Gasteiger partial charge >= 0.3 is 0 Å². The maximum atomic E-state index is 12.0. The number of nitrogens with zero attached hydrogens (tertiary/aromatic N) is 3. The Labute approximate surface area is 135 Å². The molecular formula is C16H21N5O2. The monoisotopic (exact) mass is 315 g/mol. The number of anilines is 1. The van der Waals surface area contributed by atoms with Crippen molar-refractivity contribution in [2.75, 3.05) is 11.9 Å². The summed E-state index contributed by atoms with van der Waals surface area (Å²) in [7, 11) is 0. The van der Waals surface area contributed by atoms with Crippen molar-refractivity contribution >= 4 is 17.5 Å². The fourth-order valence-corrected chi connectivity index (χ4v) is 2.17. The molecule has 1 heterocycles. The van der Waals surface area contributed by atoms with Gasteiger partial charge in [-0.15, -0.1) is 0 Å². The van der Waals surface area contributed by atoms with Crippen molar-refractivity contribution in [2.24, 2.45) is 0 Å². The summed E-state index contributed by atoms with van der Waals surface area (Å²) in [5, 5.41) is 9.61. The van der Waals surface area contributed by atoms with Crippen molar-refractivity contribution < 1.29 is 9.59 Å². The second kappa shape index (κ2) is 8.07. The van der Waals surface area contributed by atoms with E-state index < -0.39 is 0 Å². The molecule has 122 valence electrons. The van der Waals surface area contributed by atoms with Crippen LogP contribution in [0.1, 0.15) is 35.7 Å². The Bertz CT molecular complexity index is 667. The first-order valence-electron chi connectivity index (χ1n) is 7.61. The van der Waals surface area contributed by atoms with Gasteiger partial charge in [-0.1, -0.05) is 0 Å². The second-order valence-electron chi connectivity index (χ2n) is 5.20. The lowest BCUT2D eigenvalue weighted by Crippen LogP contribution is -2.22. The molecule has 0 radical (unpaired) electrons. The van der Waals surface area contributed by atoms with E-state index in [1.807, 2.05) is 13.8 Å². The highest BCUT2D eigenvalue weighted by Gasteiger charge is 2.09. The second-order valence-corrected chi connectivity index (χ2v) is 5.20. The molecule has 1 aromatic carbocycles. The van der Waals surface area contributed by atoms with Gasteiger partial charge in [0, 0.05) is 30.8 Å². The standard InChI is InChI=1S/C16H21N5O2/c1-3-18-16(23)13-6-7-14(12(2)9-13)20-15(22)5-4-8-21-11-17-10-19-21/h6-7,9-11H,3-5,8H2,1-2H3,(H,18,23)(H,20,22). The Morgan fingerprint density at radius 1 is 1.30 bits per heavy atom. The molecule has 0 bridgehead atoms. The Morgan fingerprint density at radius 3 is 2.78 bits per heavy atom. The van der Waals surface area contributed by atoms with Crippen LogP contribution in [-0.2, 0) is 11.3 Å². The molecule has 0 fully saturated rings. The minimum atomic E-state index is -0.110. The van der Waals surface area contributed by atoms with E-state index in [0.717, 1.165) is 11.3 Å². The molecule has 0 aliphatic carbocycles. The van der Waals surface area contributed by atoms with Crippen LogP contribution in [0.25, 0.3) is 0 Å². The molecule has 7 heteroatoms. The third-order valence-electron chi connectivity index (χ3n) is 3.36. The van der Waals surface area contributed by atoms with Gasteiger partial charge in [-0.3, -0.25) is 14.3 Å². The number of hydrogen-bond acceptors (Lipinski definition) is 4. The molecule has 0 aliphatic rings. The minimum Gasteiger partial charge on any atom is -0.352 e. The van der Waals surface area contributed by atoms with Crippen molar-refractivity contribution in [3.63, 3.8) is 0 Å². The minimum absolute atomic E-state index is 0.0565. The van der Waals surface area contributed by atoms with Gasteiger partial charge in [0.2, 0.25) is 5.91 Å². The average molecular weight is 315 g/mol. The molecule has 23 heavy (non-hydrogen) atoms. The van der Waals surface area contributed by atoms with Crippen LogP contribution < -0.4 is 10.6 Å². The van der Waals surface area contributed by atoms with Crippen LogP contribution in [0, 0.1) is 6.92 Å². The summed E-state index contributed by atoms with van der Waals surface area (Å²) in [6.45, 7) is 4.98. The number of benzene rings is 1. The van der Waals surface area contributed by atoms with Crippen LogP contribution in [0.15, 0.2) is 30.9 Å². The van der Waals surface area contributed by atoms with Gasteiger partial charge in [0.1, 0.15) is 12.7 Å². The number of nitrogens with one attached hydrogen (secondary N) is 2. The van der Waals surface area contributed by atoms with Crippen LogP contribution in [-0.4, -0.2) is 33.1 Å². The fourth-order valence-electron chi connectivity index (χ4n) is 2.17. The lowest BCUT2D eigenvalue weighted by molar-refractivity contribution is -0.116. The summed E-state index contributed by atoms with van der Waals surface area (Å²) in [6, 6.07) is 5.24. The van der Waals surface area contributed by atoms with Crippen LogP contribution >= 0.6 is 0 Å². The lowest BCUT2D eigenvalue weighted by Gasteiger charge is -2.10. The van der Waals surface area contributed by atoms with E-state index >= 15 is 0 Å². The Hall–Kier alpha value is -2.70. The zero-order valence-electron chi connectivity index (χ0n) is 13.4. The number of hydrogen-bond donors (Lipinski definition) is 2. The summed E-state index contributed by atoms with van der Waals surface area (Å²) in [6.07, 6.45) is 4.18. The third-order valence-corrected chi connectivity index (χ3v) is 3.36. The van der Waals surface area contributed by atoms with Crippen molar-refractivity contribution in [1.82, 2.24) is 20.1 Å². The summed E-state index contributed by atoms with van der Waals surface area (Å²) >= 11 is 0. The largest absolute Gasteiger partial charge is 0.352 e. The highest BCUT2D eigenvalue weighted by Crippen LogP contribution is 2.17. The normalized spacial score (nSPS) is 10.3. The number of amides is 2. The molecule has 7 nitrogen and oxygen atoms in total. The highest BCUT2D eigenvalue weighted by atomic mass is 16.2. The van der Waals surface area contributed by atoms with Gasteiger partial charge in [-0.25, -0.2) is 4.98 Å². The fraction of sp³-hybridized carbons (Fsp3) is 0.375. The maximum absolute atomic E-state index is 12.0. The molecule has 0 saturated heterocycles. The van der Waals surface area contributed by atoms with Gasteiger partial charge in [0.05, 0.1) is 0 Å². The van der Waals surface area contributed by atoms with Crippen LogP contribution in [0.3, 0.4) is 0 Å². The molecule has 2 N–H and O–H groups in total. The molecule has 2 amide bonds. The maximum Gasteiger partial charge on any atom is 0.251 e. The van der Waals surface area contributed by atoms with E-state index in [1.165, 1.54) is 6.33 Å². The van der Waals surface area contributed by atoms with Gasteiger partial charge in [-0.2, -0.15) is 5.10 Å². The Kier molecular flexibility index (Phi) is 5.85. The molecular weight excluding hydrogens is 294 g/mol. The zero-order chi connectivity index (χ0) is 16.7. The predicted molar refractivity (Wildman–Crippen MR) is 87.1 cm³/mol. The summed E-state index contributed by atoms with van der Waals surface area (Å²) in [4.78, 5) is 27.6. The zero-order valence-corrected chi connectivity index (χ0v) is 13.4. The van der Waals surface area contributed by atoms with Crippen molar-refractivity contribution in [1.29, 1.82) is 0 Å². The summed E-state index contributed by atoms with van der Waals surface area (Å²) in [5.41, 5.74) is 2.18. The van der Waals surface area contributed by atoms with E-state index in [2.05, 4.69) is 20.7 Å². The summed E-state index contributed by atoms with van der Waals surface area (Å²) in [5.74, 6) is -0.166. The van der Waals surface area contributed by atoms with Crippen LogP contribution in [0.5, 0.6) is 0 Å². The molecule has 0 atom stereocenters. The lowest BCUT2D eigenvalue weighted by atomic mass is 10.1. The first-order chi connectivity index (χ1) is 11.1. The quantitative estimate of drug-likeness (QED) is 0.814. The first kappa shape index (κ1) is 16.7. The smallest absolute Gasteiger partial charge is 0.251 e. The number of rotatable bonds is 7.